The lowest BCUT2D eigenvalue weighted by Crippen LogP contribution is -2.40. The van der Waals surface area contributed by atoms with E-state index < -0.39 is 0 Å². The summed E-state index contributed by atoms with van der Waals surface area (Å²) in [6.45, 7) is 4.08. The molecule has 118 valence electrons. The van der Waals surface area contributed by atoms with E-state index in [2.05, 4.69) is 58.6 Å². The molecule has 0 aliphatic carbocycles. The molecule has 0 aromatic heterocycles. The van der Waals surface area contributed by atoms with Gasteiger partial charge in [-0.05, 0) is 37.5 Å². The lowest BCUT2D eigenvalue weighted by Gasteiger charge is -2.14. The standard InChI is InChI=1S/C16H25N3S.HI/c1-13-5-3-6-14(11-13)8-9-18-16(17-2)19-12-15-7-4-10-20-15;/h3,5-6,11,15H,4,7-10,12H2,1-2H3,(H2,17,18,19);1H. The normalized spacial score (nSPS) is 18.2. The lowest BCUT2D eigenvalue weighted by atomic mass is 10.1. The molecule has 1 aliphatic heterocycles. The Hall–Kier alpha value is -0.430. The van der Waals surface area contributed by atoms with Crippen molar-refractivity contribution >= 4 is 41.7 Å². The number of nitrogens with one attached hydrogen (secondary N) is 2. The quantitative estimate of drug-likeness (QED) is 0.437. The Balaban J connectivity index is 0.00000220. The van der Waals surface area contributed by atoms with Gasteiger partial charge in [0.1, 0.15) is 0 Å². The molecule has 2 rings (SSSR count). The molecule has 0 bridgehead atoms. The predicted molar refractivity (Wildman–Crippen MR) is 105 cm³/mol. The van der Waals surface area contributed by atoms with Crippen molar-refractivity contribution in [2.24, 2.45) is 4.99 Å². The van der Waals surface area contributed by atoms with Crippen molar-refractivity contribution in [3.8, 4) is 0 Å². The molecule has 0 radical (unpaired) electrons. The Morgan fingerprint density at radius 3 is 2.90 bits per heavy atom. The molecule has 1 atom stereocenters. The molecular weight excluding hydrogens is 393 g/mol. The molecule has 0 amide bonds. The van der Waals surface area contributed by atoms with Crippen LogP contribution in [0.25, 0.3) is 0 Å². The molecule has 1 saturated heterocycles. The van der Waals surface area contributed by atoms with Crippen LogP contribution < -0.4 is 10.6 Å². The highest BCUT2D eigenvalue weighted by Crippen LogP contribution is 2.25. The van der Waals surface area contributed by atoms with E-state index in [0.29, 0.717) is 0 Å². The Morgan fingerprint density at radius 1 is 1.38 bits per heavy atom. The number of nitrogens with zero attached hydrogens (tertiary/aromatic N) is 1. The number of hydrogen-bond donors (Lipinski definition) is 2. The van der Waals surface area contributed by atoms with Crippen molar-refractivity contribution in [1.29, 1.82) is 0 Å². The summed E-state index contributed by atoms with van der Waals surface area (Å²) in [5.41, 5.74) is 2.70. The van der Waals surface area contributed by atoms with Crippen LogP contribution in [0.3, 0.4) is 0 Å². The molecule has 1 aliphatic rings. The minimum atomic E-state index is 0. The average Bonchev–Trinajstić information content (AvgIpc) is 2.96. The maximum Gasteiger partial charge on any atom is 0.191 e. The van der Waals surface area contributed by atoms with Gasteiger partial charge >= 0.3 is 0 Å². The summed E-state index contributed by atoms with van der Waals surface area (Å²) in [4.78, 5) is 4.28. The molecule has 1 heterocycles. The maximum atomic E-state index is 4.28. The van der Waals surface area contributed by atoms with Gasteiger partial charge in [-0.25, -0.2) is 0 Å². The maximum absolute atomic E-state index is 4.28. The third-order valence-electron chi connectivity index (χ3n) is 3.53. The predicted octanol–water partition coefficient (Wildman–Crippen LogP) is 3.22. The zero-order chi connectivity index (χ0) is 14.2. The fraction of sp³-hybridized carbons (Fsp3) is 0.562. The first kappa shape index (κ1) is 18.6. The average molecular weight is 419 g/mol. The van der Waals surface area contributed by atoms with Crippen LogP contribution >= 0.6 is 35.7 Å². The van der Waals surface area contributed by atoms with Crippen molar-refractivity contribution < 1.29 is 0 Å². The van der Waals surface area contributed by atoms with E-state index in [9.17, 15) is 0 Å². The molecule has 21 heavy (non-hydrogen) atoms. The van der Waals surface area contributed by atoms with Gasteiger partial charge in [0.2, 0.25) is 0 Å². The highest BCUT2D eigenvalue weighted by Gasteiger charge is 2.15. The zero-order valence-corrected chi connectivity index (χ0v) is 16.0. The van der Waals surface area contributed by atoms with E-state index in [1.165, 1.54) is 29.7 Å². The summed E-state index contributed by atoms with van der Waals surface area (Å²) >= 11 is 2.07. The number of aliphatic imine (C=N–C) groups is 1. The van der Waals surface area contributed by atoms with Gasteiger partial charge in [0.25, 0.3) is 0 Å². The molecule has 0 spiro atoms. The second-order valence-electron chi connectivity index (χ2n) is 5.25. The first-order valence-electron chi connectivity index (χ1n) is 7.39. The molecule has 1 aromatic carbocycles. The number of guanidine groups is 1. The molecule has 3 nitrogen and oxygen atoms in total. The molecule has 2 N–H and O–H groups in total. The number of aryl methyl sites for hydroxylation is 1. The number of thioether (sulfide) groups is 1. The van der Waals surface area contributed by atoms with E-state index in [-0.39, 0.29) is 24.0 Å². The summed E-state index contributed by atoms with van der Waals surface area (Å²) in [5, 5.41) is 7.57. The van der Waals surface area contributed by atoms with Gasteiger partial charge in [0.05, 0.1) is 0 Å². The van der Waals surface area contributed by atoms with Crippen LogP contribution in [0.4, 0.5) is 0 Å². The van der Waals surface area contributed by atoms with Crippen LogP contribution in [-0.4, -0.2) is 37.1 Å². The highest BCUT2D eigenvalue weighted by molar-refractivity contribution is 14.0. The van der Waals surface area contributed by atoms with Crippen molar-refractivity contribution in [2.75, 3.05) is 25.9 Å². The van der Waals surface area contributed by atoms with Gasteiger partial charge in [-0.15, -0.1) is 24.0 Å². The van der Waals surface area contributed by atoms with Gasteiger partial charge in [-0.1, -0.05) is 29.8 Å². The molecule has 1 fully saturated rings. The molecule has 1 aromatic rings. The first-order chi connectivity index (χ1) is 9.78. The smallest absolute Gasteiger partial charge is 0.191 e. The van der Waals surface area contributed by atoms with Crippen molar-refractivity contribution in [3.63, 3.8) is 0 Å². The summed E-state index contributed by atoms with van der Waals surface area (Å²) in [7, 11) is 1.84. The lowest BCUT2D eigenvalue weighted by molar-refractivity contribution is 0.724. The second kappa shape index (κ2) is 10.3. The SMILES string of the molecule is CN=C(NCCc1cccc(C)c1)NCC1CCCS1.I. The van der Waals surface area contributed by atoms with E-state index in [1.807, 2.05) is 7.05 Å². The van der Waals surface area contributed by atoms with E-state index in [4.69, 9.17) is 0 Å². The molecule has 0 saturated carbocycles. The number of halogens is 1. The highest BCUT2D eigenvalue weighted by atomic mass is 127. The van der Waals surface area contributed by atoms with Crippen molar-refractivity contribution in [2.45, 2.75) is 31.4 Å². The minimum Gasteiger partial charge on any atom is -0.356 e. The summed E-state index contributed by atoms with van der Waals surface area (Å²) in [5.74, 6) is 2.23. The fourth-order valence-corrected chi connectivity index (χ4v) is 3.63. The van der Waals surface area contributed by atoms with Crippen LogP contribution in [0, 0.1) is 6.92 Å². The van der Waals surface area contributed by atoms with Crippen LogP contribution in [-0.2, 0) is 6.42 Å². The van der Waals surface area contributed by atoms with Crippen molar-refractivity contribution in [1.82, 2.24) is 10.6 Å². The Kier molecular flexibility index (Phi) is 9.15. The Morgan fingerprint density at radius 2 is 2.24 bits per heavy atom. The van der Waals surface area contributed by atoms with Crippen LogP contribution in [0.1, 0.15) is 24.0 Å². The minimum absolute atomic E-state index is 0. The van der Waals surface area contributed by atoms with Crippen molar-refractivity contribution in [3.05, 3.63) is 35.4 Å². The van der Waals surface area contributed by atoms with E-state index in [0.717, 1.165) is 30.7 Å². The number of rotatable bonds is 5. The molecule has 5 heteroatoms. The largest absolute Gasteiger partial charge is 0.356 e. The van der Waals surface area contributed by atoms with Gasteiger partial charge in [-0.2, -0.15) is 11.8 Å². The third kappa shape index (κ3) is 6.91. The number of benzene rings is 1. The van der Waals surface area contributed by atoms with Crippen LogP contribution in [0.2, 0.25) is 0 Å². The van der Waals surface area contributed by atoms with Gasteiger partial charge in [-0.3, -0.25) is 4.99 Å². The zero-order valence-electron chi connectivity index (χ0n) is 12.9. The molecular formula is C16H26IN3S. The van der Waals surface area contributed by atoms with Gasteiger partial charge in [0, 0.05) is 25.4 Å². The Bertz CT molecular complexity index is 445. The molecule has 1 unspecified atom stereocenters. The second-order valence-corrected chi connectivity index (χ2v) is 6.66. The van der Waals surface area contributed by atoms with Crippen LogP contribution in [0.15, 0.2) is 29.3 Å². The van der Waals surface area contributed by atoms with Gasteiger partial charge < -0.3 is 10.6 Å². The van der Waals surface area contributed by atoms with Crippen LogP contribution in [0.5, 0.6) is 0 Å². The number of hydrogen-bond acceptors (Lipinski definition) is 2. The topological polar surface area (TPSA) is 36.4 Å². The van der Waals surface area contributed by atoms with E-state index in [1.54, 1.807) is 0 Å². The Labute approximate surface area is 149 Å². The van der Waals surface area contributed by atoms with Gasteiger partial charge in [0.15, 0.2) is 5.96 Å². The first-order valence-corrected chi connectivity index (χ1v) is 8.44. The summed E-state index contributed by atoms with van der Waals surface area (Å²) in [6, 6.07) is 8.68. The summed E-state index contributed by atoms with van der Waals surface area (Å²) < 4.78 is 0. The fourth-order valence-electron chi connectivity index (χ4n) is 2.43. The monoisotopic (exact) mass is 419 g/mol. The van der Waals surface area contributed by atoms with E-state index >= 15 is 0 Å². The third-order valence-corrected chi connectivity index (χ3v) is 4.93. The summed E-state index contributed by atoms with van der Waals surface area (Å²) in [6.07, 6.45) is 3.72.